The lowest BCUT2D eigenvalue weighted by Crippen LogP contribution is -2.57. The minimum absolute atomic E-state index is 0.0515. The molecule has 18 heavy (non-hydrogen) atoms. The van der Waals surface area contributed by atoms with Gasteiger partial charge in [-0.25, -0.2) is 0 Å². The Morgan fingerprint density at radius 3 is 2.67 bits per heavy atom. The average molecular weight is 257 g/mol. The van der Waals surface area contributed by atoms with E-state index in [1.54, 1.807) is 11.9 Å². The third-order valence-electron chi connectivity index (χ3n) is 3.34. The number of carbonyl (C=O) groups is 2. The van der Waals surface area contributed by atoms with Gasteiger partial charge in [0.1, 0.15) is 6.04 Å². The van der Waals surface area contributed by atoms with E-state index in [1.807, 2.05) is 13.8 Å². The van der Waals surface area contributed by atoms with Crippen molar-refractivity contribution in [1.82, 2.24) is 10.2 Å². The maximum absolute atomic E-state index is 12.4. The van der Waals surface area contributed by atoms with Crippen LogP contribution >= 0.6 is 0 Å². The van der Waals surface area contributed by atoms with Gasteiger partial charge in [0.25, 0.3) is 0 Å². The Morgan fingerprint density at radius 2 is 2.17 bits per heavy atom. The Morgan fingerprint density at radius 1 is 1.50 bits per heavy atom. The van der Waals surface area contributed by atoms with E-state index in [2.05, 4.69) is 5.32 Å². The third-order valence-corrected chi connectivity index (χ3v) is 3.34. The van der Waals surface area contributed by atoms with Crippen molar-refractivity contribution in [1.29, 1.82) is 0 Å². The number of nitrogens with two attached hydrogens (primary N) is 1. The summed E-state index contributed by atoms with van der Waals surface area (Å²) in [5.41, 5.74) is 5.66. The Kier molecular flexibility index (Phi) is 5.55. The Balaban J connectivity index is 2.82. The van der Waals surface area contributed by atoms with Crippen LogP contribution in [-0.2, 0) is 14.3 Å². The normalized spacial score (nSPS) is 21.8. The van der Waals surface area contributed by atoms with E-state index in [1.165, 1.54) is 0 Å². The van der Waals surface area contributed by atoms with E-state index in [-0.39, 0.29) is 30.3 Å². The van der Waals surface area contributed by atoms with Crippen LogP contribution in [0.25, 0.3) is 0 Å². The van der Waals surface area contributed by atoms with Crippen LogP contribution in [0.3, 0.4) is 0 Å². The number of hydrogen-bond acceptors (Lipinski definition) is 4. The first-order valence-electron chi connectivity index (χ1n) is 6.32. The van der Waals surface area contributed by atoms with Crippen molar-refractivity contribution in [2.45, 2.75) is 19.9 Å². The summed E-state index contributed by atoms with van der Waals surface area (Å²) in [6.07, 6.45) is 0. The molecule has 0 aromatic rings. The van der Waals surface area contributed by atoms with Gasteiger partial charge in [0.15, 0.2) is 0 Å². The molecule has 104 valence electrons. The van der Waals surface area contributed by atoms with Crippen LogP contribution in [0.1, 0.15) is 13.8 Å². The zero-order chi connectivity index (χ0) is 13.7. The lowest BCUT2D eigenvalue weighted by Gasteiger charge is -2.37. The molecule has 0 spiro atoms. The van der Waals surface area contributed by atoms with Crippen LogP contribution in [0.2, 0.25) is 0 Å². The quantitative estimate of drug-likeness (QED) is 0.690. The Labute approximate surface area is 108 Å². The summed E-state index contributed by atoms with van der Waals surface area (Å²) in [5, 5.41) is 2.56. The second-order valence-electron chi connectivity index (χ2n) is 4.82. The molecule has 1 aliphatic heterocycles. The maximum Gasteiger partial charge on any atom is 0.244 e. The van der Waals surface area contributed by atoms with Gasteiger partial charge in [-0.05, 0) is 5.92 Å². The van der Waals surface area contributed by atoms with Crippen molar-refractivity contribution < 1.29 is 14.3 Å². The monoisotopic (exact) mass is 257 g/mol. The number of nitrogens with one attached hydrogen (secondary N) is 1. The highest BCUT2D eigenvalue weighted by Gasteiger charge is 2.36. The minimum atomic E-state index is -0.538. The molecule has 2 amide bonds. The molecule has 0 saturated carbocycles. The summed E-state index contributed by atoms with van der Waals surface area (Å²) in [6, 6.07) is -0.538. The van der Waals surface area contributed by atoms with Gasteiger partial charge < -0.3 is 20.7 Å². The first kappa shape index (κ1) is 14.9. The number of nitrogens with zero attached hydrogens (tertiary/aromatic N) is 1. The summed E-state index contributed by atoms with van der Waals surface area (Å²) in [7, 11) is 1.56. The zero-order valence-electron chi connectivity index (χ0n) is 11.3. The van der Waals surface area contributed by atoms with Crippen molar-refractivity contribution >= 4 is 11.8 Å². The van der Waals surface area contributed by atoms with Crippen LogP contribution in [0, 0.1) is 11.8 Å². The van der Waals surface area contributed by atoms with E-state index < -0.39 is 6.04 Å². The van der Waals surface area contributed by atoms with Crippen molar-refractivity contribution in [3.8, 4) is 0 Å². The fourth-order valence-corrected chi connectivity index (χ4v) is 2.12. The van der Waals surface area contributed by atoms with Gasteiger partial charge in [-0.2, -0.15) is 0 Å². The molecule has 0 radical (unpaired) electrons. The summed E-state index contributed by atoms with van der Waals surface area (Å²) < 4.78 is 5.27. The second kappa shape index (κ2) is 6.70. The van der Waals surface area contributed by atoms with E-state index in [0.29, 0.717) is 19.7 Å². The van der Waals surface area contributed by atoms with E-state index in [4.69, 9.17) is 10.5 Å². The molecule has 1 saturated heterocycles. The lowest BCUT2D eigenvalue weighted by atomic mass is 9.93. The van der Waals surface area contributed by atoms with Crippen LogP contribution in [0.5, 0.6) is 0 Å². The van der Waals surface area contributed by atoms with Crippen LogP contribution < -0.4 is 11.1 Å². The number of ether oxygens (including phenoxy) is 1. The molecule has 3 N–H and O–H groups in total. The number of rotatable bonds is 4. The molecule has 0 bridgehead atoms. The van der Waals surface area contributed by atoms with Crippen molar-refractivity contribution in [2.75, 3.05) is 33.4 Å². The standard InChI is InChI=1S/C12H23N3O3/c1-8(2)9(6-13)12(17)15-4-5-18-7-10(15)11(16)14-3/h8-10H,4-7,13H2,1-3H3,(H,14,16). The summed E-state index contributed by atoms with van der Waals surface area (Å²) >= 11 is 0. The SMILES string of the molecule is CNC(=O)C1COCCN1C(=O)C(CN)C(C)C. The molecule has 0 aromatic carbocycles. The molecule has 1 rings (SSSR count). The van der Waals surface area contributed by atoms with E-state index in [0.717, 1.165) is 0 Å². The molecule has 6 heteroatoms. The minimum Gasteiger partial charge on any atom is -0.377 e. The Bertz CT molecular complexity index is 307. The van der Waals surface area contributed by atoms with Gasteiger partial charge in [-0.15, -0.1) is 0 Å². The van der Waals surface area contributed by atoms with Crippen LogP contribution in [0.15, 0.2) is 0 Å². The van der Waals surface area contributed by atoms with E-state index >= 15 is 0 Å². The lowest BCUT2D eigenvalue weighted by molar-refractivity contribution is -0.152. The molecule has 0 aromatic heterocycles. The zero-order valence-corrected chi connectivity index (χ0v) is 11.3. The molecular weight excluding hydrogens is 234 g/mol. The number of morpholine rings is 1. The first-order chi connectivity index (χ1) is 8.52. The average Bonchev–Trinajstić information content (AvgIpc) is 2.38. The van der Waals surface area contributed by atoms with Gasteiger partial charge in [0.2, 0.25) is 11.8 Å². The van der Waals surface area contributed by atoms with Gasteiger partial charge in [-0.3, -0.25) is 9.59 Å². The van der Waals surface area contributed by atoms with Gasteiger partial charge in [0, 0.05) is 20.1 Å². The van der Waals surface area contributed by atoms with Crippen molar-refractivity contribution in [3.05, 3.63) is 0 Å². The predicted octanol–water partition coefficient (Wildman–Crippen LogP) is -0.809. The molecule has 2 unspecified atom stereocenters. The fourth-order valence-electron chi connectivity index (χ4n) is 2.12. The highest BCUT2D eigenvalue weighted by molar-refractivity contribution is 5.88. The maximum atomic E-state index is 12.4. The predicted molar refractivity (Wildman–Crippen MR) is 67.8 cm³/mol. The second-order valence-corrected chi connectivity index (χ2v) is 4.82. The first-order valence-corrected chi connectivity index (χ1v) is 6.32. The van der Waals surface area contributed by atoms with Crippen LogP contribution in [-0.4, -0.2) is 56.1 Å². The fraction of sp³-hybridized carbons (Fsp3) is 0.833. The van der Waals surface area contributed by atoms with Crippen molar-refractivity contribution in [3.63, 3.8) is 0 Å². The highest BCUT2D eigenvalue weighted by Crippen LogP contribution is 2.17. The number of likely N-dealkylation sites (N-methyl/N-ethyl adjacent to an activating group) is 1. The van der Waals surface area contributed by atoms with Crippen LogP contribution in [0.4, 0.5) is 0 Å². The molecule has 6 nitrogen and oxygen atoms in total. The third kappa shape index (κ3) is 3.20. The summed E-state index contributed by atoms with van der Waals surface area (Å²) in [6.45, 7) is 5.39. The molecule has 2 atom stereocenters. The number of hydrogen-bond donors (Lipinski definition) is 2. The molecule has 1 aliphatic rings. The van der Waals surface area contributed by atoms with Gasteiger partial charge in [-0.1, -0.05) is 13.8 Å². The largest absolute Gasteiger partial charge is 0.377 e. The summed E-state index contributed by atoms with van der Waals surface area (Å²) in [4.78, 5) is 25.8. The number of amides is 2. The molecule has 1 fully saturated rings. The Hall–Kier alpha value is -1.14. The highest BCUT2D eigenvalue weighted by atomic mass is 16.5. The molecular formula is C12H23N3O3. The van der Waals surface area contributed by atoms with Crippen molar-refractivity contribution in [2.24, 2.45) is 17.6 Å². The van der Waals surface area contributed by atoms with Gasteiger partial charge >= 0.3 is 0 Å². The smallest absolute Gasteiger partial charge is 0.244 e. The van der Waals surface area contributed by atoms with Gasteiger partial charge in [0.05, 0.1) is 19.1 Å². The topological polar surface area (TPSA) is 84.7 Å². The number of carbonyl (C=O) groups excluding carboxylic acids is 2. The summed E-state index contributed by atoms with van der Waals surface area (Å²) in [5.74, 6) is -0.321. The molecule has 0 aliphatic carbocycles. The van der Waals surface area contributed by atoms with E-state index in [9.17, 15) is 9.59 Å². The molecule has 1 heterocycles.